The lowest BCUT2D eigenvalue weighted by atomic mass is 10.2. The second-order valence-electron chi connectivity index (χ2n) is 7.75. The van der Waals surface area contributed by atoms with E-state index in [0.29, 0.717) is 0 Å². The highest BCUT2D eigenvalue weighted by Gasteiger charge is 2.51. The van der Waals surface area contributed by atoms with Crippen molar-refractivity contribution in [2.75, 3.05) is 0 Å². The fraction of sp³-hybridized carbons (Fsp3) is 0.333. The van der Waals surface area contributed by atoms with Crippen molar-refractivity contribution in [3.63, 3.8) is 0 Å². The zero-order valence-electron chi connectivity index (χ0n) is 16.9. The van der Waals surface area contributed by atoms with Crippen LogP contribution in [0.25, 0.3) is 0 Å². The number of rotatable bonds is 8. The molecule has 0 aliphatic rings. The molecule has 0 aromatic heterocycles. The molecule has 0 spiro atoms. The topological polar surface area (TPSA) is 9.23 Å². The van der Waals surface area contributed by atoms with E-state index in [4.69, 9.17) is 4.43 Å². The highest BCUT2D eigenvalue weighted by atomic mass is 127. The minimum absolute atomic E-state index is 0.00153. The van der Waals surface area contributed by atoms with E-state index in [1.807, 2.05) is 0 Å². The van der Waals surface area contributed by atoms with Gasteiger partial charge in [-0.1, -0.05) is 129 Å². The molecule has 0 saturated carbocycles. The molecule has 0 amide bonds. The number of hydrogen-bond acceptors (Lipinski definition) is 1. The molecule has 3 heteroatoms. The molecule has 0 saturated heterocycles. The van der Waals surface area contributed by atoms with Gasteiger partial charge in [0.2, 0.25) is 0 Å². The second-order valence-corrected chi connectivity index (χ2v) is 12.7. The third-order valence-electron chi connectivity index (χ3n) is 4.80. The Labute approximate surface area is 179 Å². The summed E-state index contributed by atoms with van der Waals surface area (Å²) in [5, 5.41) is 2.66. The molecule has 0 aliphatic carbocycles. The van der Waals surface area contributed by atoms with Crippen LogP contribution in [0.1, 0.15) is 40.5 Å². The van der Waals surface area contributed by atoms with Gasteiger partial charge in [-0.2, -0.15) is 0 Å². The normalized spacial score (nSPS) is 14.1. The first-order valence-electron chi connectivity index (χ1n) is 9.66. The first-order valence-corrected chi connectivity index (χ1v) is 12.8. The number of benzene rings is 2. The van der Waals surface area contributed by atoms with Crippen molar-refractivity contribution < 1.29 is 4.43 Å². The number of allylic oxidation sites excluding steroid dienone is 1. The molecule has 0 bridgehead atoms. The average molecular weight is 491 g/mol. The molecule has 0 radical (unpaired) electrons. The maximum absolute atomic E-state index is 7.16. The van der Waals surface area contributed by atoms with Crippen molar-refractivity contribution in [1.82, 2.24) is 0 Å². The van der Waals surface area contributed by atoms with Crippen LogP contribution in [0.5, 0.6) is 0 Å². The quantitative estimate of drug-likeness (QED) is 0.242. The molecular formula is C24H31IOSi. The van der Waals surface area contributed by atoms with Crippen LogP contribution < -0.4 is 10.4 Å². The van der Waals surface area contributed by atoms with Crippen molar-refractivity contribution >= 4 is 41.3 Å². The van der Waals surface area contributed by atoms with E-state index >= 15 is 0 Å². The first kappa shape index (κ1) is 22.1. The highest BCUT2D eigenvalue weighted by molar-refractivity contribution is 14.1. The Bertz CT molecular complexity index is 692. The third-order valence-corrected chi connectivity index (χ3v) is 10.3. The van der Waals surface area contributed by atoms with Crippen LogP contribution in [0.15, 0.2) is 83.0 Å². The fourth-order valence-corrected chi connectivity index (χ4v) is 8.67. The molecule has 0 unspecified atom stereocenters. The number of halogens is 1. The molecule has 0 N–H and O–H groups in total. The average Bonchev–Trinajstić information content (AvgIpc) is 2.66. The maximum atomic E-state index is 7.16. The van der Waals surface area contributed by atoms with Gasteiger partial charge in [0.15, 0.2) is 0 Å². The molecule has 2 aromatic rings. The summed E-state index contributed by atoms with van der Waals surface area (Å²) in [6.45, 7) is 9.15. The Hall–Kier alpha value is -1.17. The van der Waals surface area contributed by atoms with Crippen molar-refractivity contribution in [2.45, 2.75) is 51.7 Å². The molecule has 144 valence electrons. The molecule has 0 heterocycles. The van der Waals surface area contributed by atoms with Gasteiger partial charge in [-0.15, -0.1) is 0 Å². The standard InChI is InChI=1S/C24H31IOSi/c1-5-6-9-14-21(19-20-25)26-27(24(2,3)4,22-15-10-7-11-16-22)23-17-12-8-13-18-23/h6-13,15-21H,5,14H2,1-4H3/b9-6-,20-19+/t21-/m1/s1. The largest absolute Gasteiger partial charge is 0.401 e. The Balaban J connectivity index is 2.62. The van der Waals surface area contributed by atoms with Crippen LogP contribution in [0.2, 0.25) is 5.04 Å². The van der Waals surface area contributed by atoms with Gasteiger partial charge >= 0.3 is 0 Å². The summed E-state index contributed by atoms with van der Waals surface area (Å²) >= 11 is 2.30. The second kappa shape index (κ2) is 10.4. The predicted octanol–water partition coefficient (Wildman–Crippen LogP) is 6.24. The third kappa shape index (κ3) is 5.43. The highest BCUT2D eigenvalue weighted by Crippen LogP contribution is 2.38. The first-order chi connectivity index (χ1) is 13.0. The lowest BCUT2D eigenvalue weighted by Gasteiger charge is -2.44. The van der Waals surface area contributed by atoms with E-state index < -0.39 is 8.32 Å². The Morgan fingerprint density at radius 2 is 1.44 bits per heavy atom. The molecule has 0 fully saturated rings. The SMILES string of the molecule is CC/C=C\C[C@H](/C=C/I)O[Si](c1ccccc1)(c1ccccc1)C(C)(C)C. The van der Waals surface area contributed by atoms with Gasteiger partial charge in [0.05, 0.1) is 6.10 Å². The lowest BCUT2D eigenvalue weighted by Crippen LogP contribution is -2.67. The van der Waals surface area contributed by atoms with Crippen molar-refractivity contribution in [3.05, 3.63) is 83.0 Å². The Morgan fingerprint density at radius 1 is 0.926 bits per heavy atom. The van der Waals surface area contributed by atoms with Crippen LogP contribution in [-0.4, -0.2) is 14.4 Å². The van der Waals surface area contributed by atoms with E-state index in [1.165, 1.54) is 10.4 Å². The monoisotopic (exact) mass is 490 g/mol. The summed E-state index contributed by atoms with van der Waals surface area (Å²) in [5.74, 6) is 0. The van der Waals surface area contributed by atoms with Crippen LogP contribution in [0.4, 0.5) is 0 Å². The van der Waals surface area contributed by atoms with Gasteiger partial charge in [0, 0.05) is 0 Å². The summed E-state index contributed by atoms with van der Waals surface area (Å²) < 4.78 is 9.24. The molecule has 0 aliphatic heterocycles. The fourth-order valence-electron chi connectivity index (χ4n) is 3.56. The van der Waals surface area contributed by atoms with Crippen LogP contribution in [0.3, 0.4) is 0 Å². The van der Waals surface area contributed by atoms with E-state index in [-0.39, 0.29) is 11.1 Å². The summed E-state index contributed by atoms with van der Waals surface area (Å²) in [6.07, 6.45) is 8.69. The van der Waals surface area contributed by atoms with Crippen LogP contribution in [0, 0.1) is 0 Å². The molecular weight excluding hydrogens is 459 g/mol. The van der Waals surface area contributed by atoms with E-state index in [1.54, 1.807) is 0 Å². The van der Waals surface area contributed by atoms with Gasteiger partial charge < -0.3 is 4.43 Å². The van der Waals surface area contributed by atoms with Gasteiger partial charge in [-0.3, -0.25) is 0 Å². The molecule has 1 nitrogen and oxygen atoms in total. The van der Waals surface area contributed by atoms with E-state index in [2.05, 4.69) is 133 Å². The molecule has 27 heavy (non-hydrogen) atoms. The van der Waals surface area contributed by atoms with Crippen molar-refractivity contribution in [3.8, 4) is 0 Å². The van der Waals surface area contributed by atoms with Crippen molar-refractivity contribution in [2.24, 2.45) is 0 Å². The zero-order chi connectivity index (χ0) is 19.8. The Kier molecular flexibility index (Phi) is 8.51. The van der Waals surface area contributed by atoms with Crippen molar-refractivity contribution in [1.29, 1.82) is 0 Å². The van der Waals surface area contributed by atoms with Crippen LogP contribution in [-0.2, 0) is 4.43 Å². The minimum Gasteiger partial charge on any atom is -0.401 e. The van der Waals surface area contributed by atoms with E-state index in [0.717, 1.165) is 12.8 Å². The smallest absolute Gasteiger partial charge is 0.261 e. The van der Waals surface area contributed by atoms with Gasteiger partial charge in [-0.05, 0) is 32.3 Å². The molecule has 1 atom stereocenters. The maximum Gasteiger partial charge on any atom is 0.261 e. The minimum atomic E-state index is -2.50. The lowest BCUT2D eigenvalue weighted by molar-refractivity contribution is 0.236. The van der Waals surface area contributed by atoms with Gasteiger partial charge in [0.25, 0.3) is 8.32 Å². The predicted molar refractivity (Wildman–Crippen MR) is 130 cm³/mol. The Morgan fingerprint density at radius 3 is 1.85 bits per heavy atom. The van der Waals surface area contributed by atoms with Gasteiger partial charge in [0.1, 0.15) is 0 Å². The van der Waals surface area contributed by atoms with Gasteiger partial charge in [-0.25, -0.2) is 0 Å². The van der Waals surface area contributed by atoms with E-state index in [9.17, 15) is 0 Å². The zero-order valence-corrected chi connectivity index (χ0v) is 20.0. The summed E-state index contributed by atoms with van der Waals surface area (Å²) in [6, 6.07) is 21.7. The number of hydrogen-bond donors (Lipinski definition) is 0. The summed E-state index contributed by atoms with van der Waals surface area (Å²) in [4.78, 5) is 0. The molecule has 2 rings (SSSR count). The molecule has 2 aromatic carbocycles. The summed E-state index contributed by atoms with van der Waals surface area (Å²) in [7, 11) is -2.50. The van der Waals surface area contributed by atoms with Crippen LogP contribution >= 0.6 is 22.6 Å². The summed E-state index contributed by atoms with van der Waals surface area (Å²) in [5.41, 5.74) is 0.